The third-order valence-electron chi connectivity index (χ3n) is 2.61. The van der Waals surface area contributed by atoms with Crippen LogP contribution in [0.4, 0.5) is 0 Å². The lowest BCUT2D eigenvalue weighted by Crippen LogP contribution is -2.30. The highest BCUT2D eigenvalue weighted by Crippen LogP contribution is 2.28. The second-order valence-electron chi connectivity index (χ2n) is 4.04. The minimum atomic E-state index is -0.334. The molecule has 0 heterocycles. The van der Waals surface area contributed by atoms with Gasteiger partial charge in [0.2, 0.25) is 0 Å². The van der Waals surface area contributed by atoms with E-state index in [1.165, 1.54) is 0 Å². The molecular formula is C14H12BrClN2O2. The molecule has 0 aliphatic heterocycles. The average Bonchev–Trinajstić information content (AvgIpc) is 2.46. The number of carbonyl (C=O) groups excluding carboxylic acids is 1. The van der Waals surface area contributed by atoms with Crippen molar-refractivity contribution in [3.05, 3.63) is 63.1 Å². The lowest BCUT2D eigenvalue weighted by molar-refractivity contribution is 0.0953. The number of benzene rings is 2. The molecule has 20 heavy (non-hydrogen) atoms. The van der Waals surface area contributed by atoms with Crippen molar-refractivity contribution in [2.24, 2.45) is 5.84 Å². The van der Waals surface area contributed by atoms with Crippen LogP contribution in [0.25, 0.3) is 0 Å². The fraction of sp³-hybridized carbons (Fsp3) is 0.0714. The summed E-state index contributed by atoms with van der Waals surface area (Å²) >= 11 is 9.24. The molecule has 0 aliphatic carbocycles. The van der Waals surface area contributed by atoms with Crippen LogP contribution in [-0.2, 0) is 6.61 Å². The van der Waals surface area contributed by atoms with Crippen LogP contribution in [-0.4, -0.2) is 5.91 Å². The van der Waals surface area contributed by atoms with Crippen molar-refractivity contribution >= 4 is 33.4 Å². The number of nitrogens with two attached hydrogens (primary N) is 1. The maximum atomic E-state index is 11.4. The molecule has 0 saturated carbocycles. The molecule has 6 heteroatoms. The molecule has 0 unspecified atom stereocenters. The number of rotatable bonds is 4. The Bertz CT molecular complexity index is 634. The average molecular weight is 356 g/mol. The normalized spacial score (nSPS) is 10.2. The number of carbonyl (C=O) groups is 1. The molecule has 0 radical (unpaired) electrons. The van der Waals surface area contributed by atoms with Crippen molar-refractivity contribution < 1.29 is 9.53 Å². The minimum Gasteiger partial charge on any atom is -0.488 e. The zero-order chi connectivity index (χ0) is 14.5. The van der Waals surface area contributed by atoms with Gasteiger partial charge in [0.05, 0.1) is 4.47 Å². The maximum Gasteiger partial charge on any atom is 0.265 e. The van der Waals surface area contributed by atoms with E-state index in [0.717, 1.165) is 10.0 Å². The number of nitrogen functional groups attached to an aromatic ring is 1. The smallest absolute Gasteiger partial charge is 0.265 e. The predicted octanol–water partition coefficient (Wildman–Crippen LogP) is 3.29. The van der Waals surface area contributed by atoms with Crippen molar-refractivity contribution in [2.75, 3.05) is 0 Å². The van der Waals surface area contributed by atoms with Crippen LogP contribution in [0.15, 0.2) is 46.9 Å². The third kappa shape index (κ3) is 3.72. The Morgan fingerprint density at radius 3 is 2.80 bits per heavy atom. The predicted molar refractivity (Wildman–Crippen MR) is 81.6 cm³/mol. The zero-order valence-electron chi connectivity index (χ0n) is 10.4. The molecule has 0 aromatic heterocycles. The highest BCUT2D eigenvalue weighted by atomic mass is 79.9. The van der Waals surface area contributed by atoms with E-state index < -0.39 is 0 Å². The summed E-state index contributed by atoms with van der Waals surface area (Å²) in [6, 6.07) is 12.4. The summed E-state index contributed by atoms with van der Waals surface area (Å²) < 4.78 is 6.46. The summed E-state index contributed by atoms with van der Waals surface area (Å²) in [5.74, 6) is 5.45. The van der Waals surface area contributed by atoms with Crippen LogP contribution in [0, 0.1) is 0 Å². The second kappa shape index (κ2) is 6.74. The SMILES string of the molecule is NNC(=O)c1cccc(COc2ccc(Cl)cc2Br)c1. The van der Waals surface area contributed by atoms with E-state index in [0.29, 0.717) is 22.9 Å². The van der Waals surface area contributed by atoms with Gasteiger partial charge in [-0.1, -0.05) is 23.7 Å². The van der Waals surface area contributed by atoms with Crippen molar-refractivity contribution in [1.29, 1.82) is 0 Å². The summed E-state index contributed by atoms with van der Waals surface area (Å²) in [4.78, 5) is 11.4. The van der Waals surface area contributed by atoms with Gasteiger partial charge in [-0.25, -0.2) is 5.84 Å². The molecule has 104 valence electrons. The number of hydrogen-bond donors (Lipinski definition) is 2. The van der Waals surface area contributed by atoms with E-state index in [-0.39, 0.29) is 5.91 Å². The van der Waals surface area contributed by atoms with Crippen molar-refractivity contribution in [3.8, 4) is 5.75 Å². The number of halogens is 2. The number of hydrazine groups is 1. The van der Waals surface area contributed by atoms with Crippen molar-refractivity contribution in [1.82, 2.24) is 5.43 Å². The first-order chi connectivity index (χ1) is 9.60. The molecule has 2 rings (SSSR count). The summed E-state index contributed by atoms with van der Waals surface area (Å²) in [6.07, 6.45) is 0. The van der Waals surface area contributed by atoms with E-state index in [4.69, 9.17) is 22.2 Å². The molecule has 2 aromatic carbocycles. The Hall–Kier alpha value is -1.56. The number of hydrogen-bond acceptors (Lipinski definition) is 3. The standard InChI is InChI=1S/C14H12BrClN2O2/c15-12-7-11(16)4-5-13(12)20-8-9-2-1-3-10(6-9)14(19)18-17/h1-7H,8,17H2,(H,18,19). The molecule has 0 aliphatic rings. The van der Waals surface area contributed by atoms with E-state index in [1.807, 2.05) is 6.07 Å². The quantitative estimate of drug-likeness (QED) is 0.502. The number of ether oxygens (including phenoxy) is 1. The maximum absolute atomic E-state index is 11.4. The molecule has 0 atom stereocenters. The van der Waals surface area contributed by atoms with Gasteiger partial charge in [-0.15, -0.1) is 0 Å². The van der Waals surface area contributed by atoms with Gasteiger partial charge in [0, 0.05) is 10.6 Å². The summed E-state index contributed by atoms with van der Waals surface area (Å²) in [5, 5.41) is 0.630. The number of amides is 1. The van der Waals surface area contributed by atoms with Gasteiger partial charge < -0.3 is 4.74 Å². The van der Waals surface area contributed by atoms with E-state index in [2.05, 4.69) is 21.4 Å². The molecule has 0 saturated heterocycles. The van der Waals surface area contributed by atoms with Crippen LogP contribution in [0.3, 0.4) is 0 Å². The summed E-state index contributed by atoms with van der Waals surface area (Å²) in [5.41, 5.74) is 3.45. The van der Waals surface area contributed by atoms with Crippen LogP contribution in [0.1, 0.15) is 15.9 Å². The van der Waals surface area contributed by atoms with Gasteiger partial charge in [-0.3, -0.25) is 10.2 Å². The van der Waals surface area contributed by atoms with Crippen LogP contribution in [0.5, 0.6) is 5.75 Å². The van der Waals surface area contributed by atoms with Crippen molar-refractivity contribution in [3.63, 3.8) is 0 Å². The Labute approximate surface area is 130 Å². The molecule has 2 aromatic rings. The van der Waals surface area contributed by atoms with Gasteiger partial charge in [0.15, 0.2) is 0 Å². The Morgan fingerprint density at radius 1 is 1.30 bits per heavy atom. The lowest BCUT2D eigenvalue weighted by Gasteiger charge is -2.09. The molecule has 4 nitrogen and oxygen atoms in total. The van der Waals surface area contributed by atoms with Gasteiger partial charge in [0.25, 0.3) is 5.91 Å². The first-order valence-electron chi connectivity index (χ1n) is 5.78. The largest absolute Gasteiger partial charge is 0.488 e. The molecule has 3 N–H and O–H groups in total. The molecular weight excluding hydrogens is 344 g/mol. The summed E-state index contributed by atoms with van der Waals surface area (Å²) in [6.45, 7) is 0.339. The third-order valence-corrected chi connectivity index (χ3v) is 3.46. The fourth-order valence-corrected chi connectivity index (χ4v) is 2.44. The second-order valence-corrected chi connectivity index (χ2v) is 5.33. The Morgan fingerprint density at radius 2 is 2.10 bits per heavy atom. The highest BCUT2D eigenvalue weighted by Gasteiger charge is 2.06. The van der Waals surface area contributed by atoms with Gasteiger partial charge >= 0.3 is 0 Å². The monoisotopic (exact) mass is 354 g/mol. The van der Waals surface area contributed by atoms with Gasteiger partial charge in [-0.2, -0.15) is 0 Å². The van der Waals surface area contributed by atoms with E-state index in [1.54, 1.807) is 36.4 Å². The van der Waals surface area contributed by atoms with E-state index in [9.17, 15) is 4.79 Å². The molecule has 0 bridgehead atoms. The lowest BCUT2D eigenvalue weighted by atomic mass is 10.1. The van der Waals surface area contributed by atoms with Gasteiger partial charge in [0.1, 0.15) is 12.4 Å². The molecule has 1 amide bonds. The fourth-order valence-electron chi connectivity index (χ4n) is 1.64. The summed E-state index contributed by atoms with van der Waals surface area (Å²) in [7, 11) is 0. The minimum absolute atomic E-state index is 0.334. The highest BCUT2D eigenvalue weighted by molar-refractivity contribution is 9.10. The van der Waals surface area contributed by atoms with Crippen LogP contribution < -0.4 is 16.0 Å². The Kier molecular flexibility index (Phi) is 5.00. The first-order valence-corrected chi connectivity index (χ1v) is 6.95. The number of nitrogens with one attached hydrogen (secondary N) is 1. The van der Waals surface area contributed by atoms with E-state index >= 15 is 0 Å². The zero-order valence-corrected chi connectivity index (χ0v) is 12.7. The molecule has 0 spiro atoms. The van der Waals surface area contributed by atoms with Crippen LogP contribution in [0.2, 0.25) is 5.02 Å². The van der Waals surface area contributed by atoms with Gasteiger partial charge in [-0.05, 0) is 51.8 Å². The first kappa shape index (κ1) is 14.8. The topological polar surface area (TPSA) is 64.3 Å². The van der Waals surface area contributed by atoms with Crippen LogP contribution >= 0.6 is 27.5 Å². The molecule has 0 fully saturated rings. The Balaban J connectivity index is 2.09. The van der Waals surface area contributed by atoms with Crippen molar-refractivity contribution in [2.45, 2.75) is 6.61 Å².